The quantitative estimate of drug-likeness (QED) is 0.628. The second-order valence-electron chi connectivity index (χ2n) is 7.29. The summed E-state index contributed by atoms with van der Waals surface area (Å²) in [7, 11) is 0. The molecule has 7 heteroatoms. The van der Waals surface area contributed by atoms with Gasteiger partial charge in [0.2, 0.25) is 11.1 Å². The topological polar surface area (TPSA) is 63.9 Å². The highest BCUT2D eigenvalue weighted by molar-refractivity contribution is 7.99. The SMILES string of the molecule is CCCn1c2ccccc2c2nnc(SCC(=O)N3CCC(C)CC3)nc21. The lowest BCUT2D eigenvalue weighted by Crippen LogP contribution is -2.38. The lowest BCUT2D eigenvalue weighted by atomic mass is 9.99. The standard InChI is InChI=1S/C20H25N5OS/c1-3-10-25-16-7-5-4-6-15(16)18-19(25)21-20(23-22-18)27-13-17(26)24-11-8-14(2)9-12-24/h4-7,14H,3,8-13H2,1-2H3. The fourth-order valence-electron chi connectivity index (χ4n) is 3.68. The summed E-state index contributed by atoms with van der Waals surface area (Å²) < 4.78 is 2.21. The van der Waals surface area contributed by atoms with E-state index in [1.165, 1.54) is 11.8 Å². The van der Waals surface area contributed by atoms with Crippen molar-refractivity contribution in [1.82, 2.24) is 24.6 Å². The molecule has 3 aromatic rings. The highest BCUT2D eigenvalue weighted by atomic mass is 32.2. The fourth-order valence-corrected chi connectivity index (χ4v) is 4.36. The van der Waals surface area contributed by atoms with Crippen LogP contribution in [-0.2, 0) is 11.3 Å². The van der Waals surface area contributed by atoms with Crippen molar-refractivity contribution < 1.29 is 4.79 Å². The Bertz CT molecular complexity index is 962. The summed E-state index contributed by atoms with van der Waals surface area (Å²) in [6.07, 6.45) is 3.21. The molecule has 0 saturated carbocycles. The number of hydrogen-bond acceptors (Lipinski definition) is 5. The highest BCUT2D eigenvalue weighted by Gasteiger charge is 2.21. The fraction of sp³-hybridized carbons (Fsp3) is 0.500. The van der Waals surface area contributed by atoms with E-state index in [0.29, 0.717) is 10.9 Å². The van der Waals surface area contributed by atoms with E-state index >= 15 is 0 Å². The first-order valence-corrected chi connectivity index (χ1v) is 10.7. The van der Waals surface area contributed by atoms with Gasteiger partial charge in [0.05, 0.1) is 11.3 Å². The maximum atomic E-state index is 12.5. The summed E-state index contributed by atoms with van der Waals surface area (Å²) in [4.78, 5) is 19.2. The van der Waals surface area contributed by atoms with E-state index < -0.39 is 0 Å². The molecule has 0 bridgehead atoms. The molecule has 1 aliphatic heterocycles. The average Bonchev–Trinajstić information content (AvgIpc) is 3.00. The zero-order valence-electron chi connectivity index (χ0n) is 15.9. The van der Waals surface area contributed by atoms with Crippen molar-refractivity contribution in [3.8, 4) is 0 Å². The molecule has 6 nitrogen and oxygen atoms in total. The van der Waals surface area contributed by atoms with Crippen molar-refractivity contribution in [3.63, 3.8) is 0 Å². The van der Waals surface area contributed by atoms with Gasteiger partial charge >= 0.3 is 0 Å². The van der Waals surface area contributed by atoms with Gasteiger partial charge in [0.25, 0.3) is 0 Å². The number of carbonyl (C=O) groups excluding carboxylic acids is 1. The van der Waals surface area contributed by atoms with E-state index in [4.69, 9.17) is 4.98 Å². The maximum absolute atomic E-state index is 12.5. The molecule has 1 aromatic carbocycles. The van der Waals surface area contributed by atoms with Crippen molar-refractivity contribution in [2.24, 2.45) is 5.92 Å². The molecule has 1 saturated heterocycles. The van der Waals surface area contributed by atoms with Gasteiger partial charge in [-0.05, 0) is 31.2 Å². The van der Waals surface area contributed by atoms with Crippen molar-refractivity contribution in [2.75, 3.05) is 18.8 Å². The average molecular weight is 384 g/mol. The number of nitrogens with zero attached hydrogens (tertiary/aromatic N) is 5. The van der Waals surface area contributed by atoms with Crippen LogP contribution in [0.15, 0.2) is 29.4 Å². The van der Waals surface area contributed by atoms with Crippen LogP contribution in [0.2, 0.25) is 0 Å². The van der Waals surface area contributed by atoms with Crippen LogP contribution in [0.3, 0.4) is 0 Å². The van der Waals surface area contributed by atoms with Crippen molar-refractivity contribution in [3.05, 3.63) is 24.3 Å². The molecular formula is C20H25N5OS. The number of benzene rings is 1. The van der Waals surface area contributed by atoms with Crippen LogP contribution in [0.1, 0.15) is 33.1 Å². The Kier molecular flexibility index (Phi) is 5.29. The number of para-hydroxylation sites is 1. The number of fused-ring (bicyclic) bond motifs is 3. The van der Waals surface area contributed by atoms with Gasteiger partial charge in [0.15, 0.2) is 5.65 Å². The van der Waals surface area contributed by atoms with Crippen molar-refractivity contribution in [2.45, 2.75) is 44.8 Å². The summed E-state index contributed by atoms with van der Waals surface area (Å²) in [6, 6.07) is 8.21. The zero-order valence-corrected chi connectivity index (χ0v) is 16.7. The Hall–Kier alpha value is -2.15. The van der Waals surface area contributed by atoms with Crippen LogP contribution < -0.4 is 0 Å². The van der Waals surface area contributed by atoms with Crippen LogP contribution in [-0.4, -0.2) is 49.4 Å². The van der Waals surface area contributed by atoms with Gasteiger partial charge in [-0.15, -0.1) is 10.2 Å². The Morgan fingerprint density at radius 2 is 2.00 bits per heavy atom. The van der Waals surface area contributed by atoms with Crippen molar-refractivity contribution >= 4 is 39.7 Å². The molecule has 0 spiro atoms. The first-order chi connectivity index (χ1) is 13.2. The smallest absolute Gasteiger partial charge is 0.233 e. The van der Waals surface area contributed by atoms with Crippen molar-refractivity contribution in [1.29, 1.82) is 0 Å². The molecule has 27 heavy (non-hydrogen) atoms. The second kappa shape index (κ2) is 7.84. The monoisotopic (exact) mass is 383 g/mol. The molecule has 3 heterocycles. The van der Waals surface area contributed by atoms with E-state index in [1.54, 1.807) is 0 Å². The van der Waals surface area contributed by atoms with Gasteiger partial charge in [0, 0.05) is 25.0 Å². The van der Waals surface area contributed by atoms with Crippen LogP contribution in [0.4, 0.5) is 0 Å². The molecule has 0 unspecified atom stereocenters. The molecule has 0 atom stereocenters. The lowest BCUT2D eigenvalue weighted by molar-refractivity contribution is -0.129. The lowest BCUT2D eigenvalue weighted by Gasteiger charge is -2.30. The molecular weight excluding hydrogens is 358 g/mol. The number of hydrogen-bond donors (Lipinski definition) is 0. The third kappa shape index (κ3) is 3.65. The first kappa shape index (κ1) is 18.2. The Balaban J connectivity index is 1.55. The number of rotatable bonds is 5. The van der Waals surface area contributed by atoms with Crippen LogP contribution in [0, 0.1) is 5.92 Å². The maximum Gasteiger partial charge on any atom is 0.233 e. The molecule has 0 N–H and O–H groups in total. The molecule has 1 amide bonds. The van der Waals surface area contributed by atoms with Crippen LogP contribution in [0.5, 0.6) is 0 Å². The number of piperidine rings is 1. The first-order valence-electron chi connectivity index (χ1n) is 9.69. The predicted molar refractivity (Wildman–Crippen MR) is 109 cm³/mol. The van der Waals surface area contributed by atoms with Gasteiger partial charge in [-0.2, -0.15) is 0 Å². The summed E-state index contributed by atoms with van der Waals surface area (Å²) in [6.45, 7) is 7.02. The summed E-state index contributed by atoms with van der Waals surface area (Å²) in [5, 5.41) is 10.4. The number of amides is 1. The molecule has 0 radical (unpaired) electrons. The number of carbonyl (C=O) groups is 1. The van der Waals surface area contributed by atoms with E-state index in [1.807, 2.05) is 17.0 Å². The third-order valence-electron chi connectivity index (χ3n) is 5.26. The number of aromatic nitrogens is 4. The third-order valence-corrected chi connectivity index (χ3v) is 6.09. The number of aryl methyl sites for hydroxylation is 1. The van der Waals surface area contributed by atoms with E-state index in [9.17, 15) is 4.79 Å². The highest BCUT2D eigenvalue weighted by Crippen LogP contribution is 2.27. The molecule has 1 fully saturated rings. The molecule has 142 valence electrons. The normalized spacial score (nSPS) is 15.7. The minimum absolute atomic E-state index is 0.171. The predicted octanol–water partition coefficient (Wildman–Crippen LogP) is 3.74. The Morgan fingerprint density at radius 3 is 2.78 bits per heavy atom. The summed E-state index contributed by atoms with van der Waals surface area (Å²) >= 11 is 1.39. The minimum atomic E-state index is 0.171. The Labute approximate surface area is 163 Å². The van der Waals surface area contributed by atoms with Gasteiger partial charge in [-0.1, -0.05) is 43.8 Å². The van der Waals surface area contributed by atoms with Gasteiger partial charge < -0.3 is 9.47 Å². The van der Waals surface area contributed by atoms with Gasteiger partial charge in [0.1, 0.15) is 5.52 Å². The Morgan fingerprint density at radius 1 is 1.22 bits per heavy atom. The molecule has 4 rings (SSSR count). The minimum Gasteiger partial charge on any atom is -0.342 e. The molecule has 1 aliphatic rings. The van der Waals surface area contributed by atoms with Crippen LogP contribution in [0.25, 0.3) is 22.1 Å². The number of likely N-dealkylation sites (tertiary alicyclic amines) is 1. The largest absolute Gasteiger partial charge is 0.342 e. The van der Waals surface area contributed by atoms with E-state index in [0.717, 1.165) is 66.9 Å². The zero-order chi connectivity index (χ0) is 18.8. The molecule has 2 aromatic heterocycles. The van der Waals surface area contributed by atoms with E-state index in [-0.39, 0.29) is 5.91 Å². The second-order valence-corrected chi connectivity index (χ2v) is 8.23. The van der Waals surface area contributed by atoms with E-state index in [2.05, 4.69) is 40.7 Å². The molecule has 0 aliphatic carbocycles. The van der Waals surface area contributed by atoms with Crippen LogP contribution >= 0.6 is 11.8 Å². The van der Waals surface area contributed by atoms with Gasteiger partial charge in [-0.25, -0.2) is 4.98 Å². The van der Waals surface area contributed by atoms with Gasteiger partial charge in [-0.3, -0.25) is 4.79 Å². The number of thioether (sulfide) groups is 1. The summed E-state index contributed by atoms with van der Waals surface area (Å²) in [5.74, 6) is 1.26. The summed E-state index contributed by atoms with van der Waals surface area (Å²) in [5.41, 5.74) is 2.83.